The molecule has 156 valence electrons. The van der Waals surface area contributed by atoms with Crippen LogP contribution >= 0.6 is 0 Å². The SMILES string of the molecule is O=C(OCC1[C@H]2CN(Cc3ccccc3)C[C@@H]12)C1c2ccccc2Oc2ccccc21. The van der Waals surface area contributed by atoms with E-state index in [1.54, 1.807) is 0 Å². The number of nitrogens with zero attached hydrogens (tertiary/aromatic N) is 1. The first-order chi connectivity index (χ1) is 15.3. The van der Waals surface area contributed by atoms with Crippen molar-refractivity contribution in [3.8, 4) is 11.5 Å². The molecule has 0 radical (unpaired) electrons. The van der Waals surface area contributed by atoms with E-state index in [0.717, 1.165) is 42.3 Å². The van der Waals surface area contributed by atoms with Gasteiger partial charge in [-0.15, -0.1) is 0 Å². The van der Waals surface area contributed by atoms with Gasteiger partial charge in [0.2, 0.25) is 0 Å². The van der Waals surface area contributed by atoms with Crippen molar-refractivity contribution >= 4 is 5.97 Å². The Morgan fingerprint density at radius 1 is 0.839 bits per heavy atom. The van der Waals surface area contributed by atoms with Gasteiger partial charge in [-0.1, -0.05) is 66.7 Å². The third kappa shape index (κ3) is 3.41. The molecular weight excluding hydrogens is 386 g/mol. The third-order valence-corrected chi connectivity index (χ3v) is 7.03. The largest absolute Gasteiger partial charge is 0.465 e. The van der Waals surface area contributed by atoms with E-state index in [1.165, 1.54) is 5.56 Å². The Morgan fingerprint density at radius 3 is 2.06 bits per heavy atom. The van der Waals surface area contributed by atoms with E-state index in [2.05, 4.69) is 35.2 Å². The van der Waals surface area contributed by atoms with Crippen LogP contribution in [-0.4, -0.2) is 30.6 Å². The van der Waals surface area contributed by atoms with Crippen molar-refractivity contribution in [2.75, 3.05) is 19.7 Å². The first-order valence-electron chi connectivity index (χ1n) is 11.1. The lowest BCUT2D eigenvalue weighted by Crippen LogP contribution is -2.26. The fourth-order valence-corrected chi connectivity index (χ4v) is 5.38. The molecule has 31 heavy (non-hydrogen) atoms. The van der Waals surface area contributed by atoms with Crippen LogP contribution in [0.15, 0.2) is 78.9 Å². The van der Waals surface area contributed by atoms with Gasteiger partial charge in [0.25, 0.3) is 0 Å². The molecule has 2 aliphatic heterocycles. The minimum Gasteiger partial charge on any atom is -0.465 e. The molecule has 1 unspecified atom stereocenters. The van der Waals surface area contributed by atoms with Gasteiger partial charge in [0.15, 0.2) is 0 Å². The molecule has 4 heteroatoms. The highest BCUT2D eigenvalue weighted by Crippen LogP contribution is 2.52. The molecular formula is C27H25NO3. The number of piperidine rings is 1. The van der Waals surface area contributed by atoms with E-state index < -0.39 is 5.92 Å². The first-order valence-corrected chi connectivity index (χ1v) is 11.1. The molecule has 1 saturated heterocycles. The minimum absolute atomic E-state index is 0.172. The number of hydrogen-bond acceptors (Lipinski definition) is 4. The zero-order chi connectivity index (χ0) is 20.8. The van der Waals surface area contributed by atoms with Crippen molar-refractivity contribution < 1.29 is 14.3 Å². The molecule has 4 nitrogen and oxygen atoms in total. The number of esters is 1. The van der Waals surface area contributed by atoms with Crippen LogP contribution in [0.25, 0.3) is 0 Å². The Morgan fingerprint density at radius 2 is 1.42 bits per heavy atom. The van der Waals surface area contributed by atoms with Crippen LogP contribution in [0.2, 0.25) is 0 Å². The Kier molecular flexibility index (Phi) is 4.53. The summed E-state index contributed by atoms with van der Waals surface area (Å²) in [5.41, 5.74) is 3.14. The number of carbonyl (C=O) groups is 1. The molecule has 3 aromatic carbocycles. The molecule has 0 bridgehead atoms. The number of hydrogen-bond donors (Lipinski definition) is 0. The third-order valence-electron chi connectivity index (χ3n) is 7.03. The van der Waals surface area contributed by atoms with Crippen LogP contribution < -0.4 is 4.74 Å². The Bertz CT molecular complexity index is 1050. The topological polar surface area (TPSA) is 38.8 Å². The van der Waals surface area contributed by atoms with Gasteiger partial charge in [-0.25, -0.2) is 0 Å². The van der Waals surface area contributed by atoms with E-state index in [9.17, 15) is 4.79 Å². The van der Waals surface area contributed by atoms with E-state index in [0.29, 0.717) is 24.4 Å². The van der Waals surface area contributed by atoms with Crippen molar-refractivity contribution in [2.45, 2.75) is 12.5 Å². The number of benzene rings is 3. The zero-order valence-corrected chi connectivity index (χ0v) is 17.3. The first kappa shape index (κ1) is 18.6. The Hall–Kier alpha value is -3.11. The second kappa shape index (κ2) is 7.54. The van der Waals surface area contributed by atoms with Crippen LogP contribution in [0.3, 0.4) is 0 Å². The van der Waals surface area contributed by atoms with E-state index >= 15 is 0 Å². The lowest BCUT2D eigenvalue weighted by Gasteiger charge is -2.27. The molecule has 0 aromatic heterocycles. The molecule has 3 atom stereocenters. The summed E-state index contributed by atoms with van der Waals surface area (Å²) < 4.78 is 11.9. The number of ether oxygens (including phenoxy) is 2. The summed E-state index contributed by atoms with van der Waals surface area (Å²) in [5, 5.41) is 0. The predicted octanol–water partition coefficient (Wildman–Crippen LogP) is 4.85. The van der Waals surface area contributed by atoms with E-state index in [1.807, 2.05) is 48.5 Å². The maximum Gasteiger partial charge on any atom is 0.318 e. The minimum atomic E-state index is -0.422. The van der Waals surface area contributed by atoms with Crippen molar-refractivity contribution in [1.82, 2.24) is 4.90 Å². The van der Waals surface area contributed by atoms with Crippen LogP contribution in [-0.2, 0) is 16.1 Å². The van der Waals surface area contributed by atoms with Gasteiger partial charge in [0.1, 0.15) is 17.4 Å². The number of para-hydroxylation sites is 2. The van der Waals surface area contributed by atoms with Crippen LogP contribution in [0.1, 0.15) is 22.6 Å². The van der Waals surface area contributed by atoms with E-state index in [-0.39, 0.29) is 5.97 Å². The van der Waals surface area contributed by atoms with Gasteiger partial charge in [-0.2, -0.15) is 0 Å². The quantitative estimate of drug-likeness (QED) is 0.563. The van der Waals surface area contributed by atoms with Gasteiger partial charge in [0, 0.05) is 36.7 Å². The van der Waals surface area contributed by atoms with Crippen molar-refractivity contribution in [1.29, 1.82) is 0 Å². The number of likely N-dealkylation sites (tertiary alicyclic amines) is 1. The maximum atomic E-state index is 13.2. The fraction of sp³-hybridized carbons (Fsp3) is 0.296. The molecule has 0 N–H and O–H groups in total. The number of rotatable bonds is 5. The fourth-order valence-electron chi connectivity index (χ4n) is 5.38. The highest BCUT2D eigenvalue weighted by atomic mass is 16.5. The maximum absolute atomic E-state index is 13.2. The predicted molar refractivity (Wildman–Crippen MR) is 118 cm³/mol. The molecule has 3 aliphatic rings. The normalized spacial score (nSPS) is 23.9. The average Bonchev–Trinajstić information content (AvgIpc) is 3.26. The highest BCUT2D eigenvalue weighted by Gasteiger charge is 2.56. The lowest BCUT2D eigenvalue weighted by molar-refractivity contribution is -0.145. The van der Waals surface area contributed by atoms with Crippen molar-refractivity contribution in [3.05, 3.63) is 95.6 Å². The summed E-state index contributed by atoms with van der Waals surface area (Å²) in [4.78, 5) is 15.7. The van der Waals surface area contributed by atoms with Gasteiger partial charge >= 0.3 is 5.97 Å². The smallest absolute Gasteiger partial charge is 0.318 e. The summed E-state index contributed by atoms with van der Waals surface area (Å²) in [6, 6.07) is 26.1. The van der Waals surface area contributed by atoms with Crippen LogP contribution in [0.5, 0.6) is 11.5 Å². The number of fused-ring (bicyclic) bond motifs is 3. The summed E-state index contributed by atoms with van der Waals surface area (Å²) in [5.74, 6) is 2.70. The second-order valence-corrected chi connectivity index (χ2v) is 8.91. The summed E-state index contributed by atoms with van der Waals surface area (Å²) >= 11 is 0. The zero-order valence-electron chi connectivity index (χ0n) is 17.3. The summed E-state index contributed by atoms with van der Waals surface area (Å²) in [6.45, 7) is 3.74. The van der Waals surface area contributed by atoms with Gasteiger partial charge in [-0.05, 0) is 29.5 Å². The standard InChI is InChI=1S/C27H25NO3/c29-27(26-19-10-4-6-12-24(19)31-25-13-7-5-11-20(25)26)30-17-23-21-15-28(16-22(21)23)14-18-8-2-1-3-9-18/h1-13,21-23,26H,14-17H2/t21-,22+,23?. The van der Waals surface area contributed by atoms with E-state index in [4.69, 9.17) is 9.47 Å². The van der Waals surface area contributed by atoms with Crippen LogP contribution in [0, 0.1) is 17.8 Å². The molecule has 3 aromatic rings. The van der Waals surface area contributed by atoms with Crippen molar-refractivity contribution in [3.63, 3.8) is 0 Å². The Balaban J connectivity index is 1.09. The molecule has 2 fully saturated rings. The summed E-state index contributed by atoms with van der Waals surface area (Å²) in [7, 11) is 0. The monoisotopic (exact) mass is 411 g/mol. The van der Waals surface area contributed by atoms with Gasteiger partial charge < -0.3 is 9.47 Å². The molecule has 2 heterocycles. The van der Waals surface area contributed by atoms with Gasteiger partial charge in [0.05, 0.1) is 6.61 Å². The molecule has 0 amide bonds. The second-order valence-electron chi connectivity index (χ2n) is 8.91. The highest BCUT2D eigenvalue weighted by molar-refractivity contribution is 5.85. The van der Waals surface area contributed by atoms with Crippen LogP contribution in [0.4, 0.5) is 0 Å². The Labute approximate surface area is 182 Å². The number of carbonyl (C=O) groups excluding carboxylic acids is 1. The van der Waals surface area contributed by atoms with Gasteiger partial charge in [-0.3, -0.25) is 9.69 Å². The lowest BCUT2D eigenvalue weighted by atomic mass is 9.88. The summed E-state index contributed by atoms with van der Waals surface area (Å²) in [6.07, 6.45) is 0. The average molecular weight is 412 g/mol. The molecule has 1 saturated carbocycles. The molecule has 0 spiro atoms. The molecule has 6 rings (SSSR count). The van der Waals surface area contributed by atoms with Crippen molar-refractivity contribution in [2.24, 2.45) is 17.8 Å². The molecule has 1 aliphatic carbocycles.